The van der Waals surface area contributed by atoms with Crippen molar-refractivity contribution < 1.29 is 33.4 Å². The summed E-state index contributed by atoms with van der Waals surface area (Å²) in [4.78, 5) is 56.3. The Morgan fingerprint density at radius 2 is 1.23 bits per heavy atom. The number of esters is 1. The summed E-state index contributed by atoms with van der Waals surface area (Å²) in [5.41, 5.74) is 0. The number of guanidine groups is 1. The number of nitrogens with one attached hydrogen (secondary N) is 2. The number of carbonyl (C=O) groups excluding carboxylic acids is 4. The minimum Gasteiger partial charge on any atom is -0.464 e. The third-order valence-corrected chi connectivity index (χ3v) is 10.1. The molecular weight excluding hydrogens is 552 g/mol. The number of carbonyl (C=O) groups is 4. The van der Waals surface area contributed by atoms with E-state index < -0.39 is 24.1 Å². The molecule has 0 radical (unpaired) electrons. The summed E-state index contributed by atoms with van der Waals surface area (Å²) in [7, 11) is 0. The molecule has 43 heavy (non-hydrogen) atoms. The zero-order valence-corrected chi connectivity index (χ0v) is 25.6. The van der Waals surface area contributed by atoms with Gasteiger partial charge in [-0.2, -0.15) is 0 Å². The largest absolute Gasteiger partial charge is 0.464 e. The Bertz CT molecular complexity index is 996. The van der Waals surface area contributed by atoms with E-state index in [0.717, 1.165) is 64.2 Å². The number of ether oxygens (including phenoxy) is 3. The SMILES string of the molecule is O=C(/N=C(\NC(=O)OCC1CCCCC1)N1CC(C[C@H]2C(=O)N[C@@H]2C(=O)OCC2CCCCC2)C1)OCC1CCCCC1. The highest BCUT2D eigenvalue weighted by Crippen LogP contribution is 2.31. The van der Waals surface area contributed by atoms with Crippen LogP contribution in [-0.2, 0) is 23.8 Å². The van der Waals surface area contributed by atoms with Crippen molar-refractivity contribution >= 4 is 30.0 Å². The number of hydrogen-bond donors (Lipinski definition) is 2. The number of aliphatic imine (C=N–C) groups is 1. The molecule has 2 atom stereocenters. The molecule has 0 aromatic carbocycles. The number of rotatable bonds is 9. The highest BCUT2D eigenvalue weighted by atomic mass is 16.6. The number of β-lactam (4-membered cyclic amide) rings is 1. The van der Waals surface area contributed by atoms with Crippen molar-refractivity contribution in [2.24, 2.45) is 34.6 Å². The molecule has 2 saturated heterocycles. The Morgan fingerprint density at radius 1 is 0.721 bits per heavy atom. The molecule has 3 amide bonds. The standard InChI is InChI=1S/C32H50N4O7/c37-28-26(27(33-28)29(38)41-19-22-10-4-1-5-11-22)16-25-17-36(18-25)30(34-31(39)42-20-23-12-6-2-7-13-23)35-32(40)43-21-24-14-8-3-9-15-24/h22-27H,1-21H2,(H,33,37)(H,34,35,39,40)/t26-,27+/m1/s1. The first kappa shape index (κ1) is 31.6. The van der Waals surface area contributed by atoms with E-state index in [2.05, 4.69) is 15.6 Å². The minimum atomic E-state index is -0.726. The monoisotopic (exact) mass is 602 g/mol. The number of hydrogen-bond acceptors (Lipinski definition) is 7. The molecule has 5 rings (SSSR count). The minimum absolute atomic E-state index is 0.105. The maximum Gasteiger partial charge on any atom is 0.436 e. The summed E-state index contributed by atoms with van der Waals surface area (Å²) >= 11 is 0. The van der Waals surface area contributed by atoms with Gasteiger partial charge in [0.25, 0.3) is 0 Å². The van der Waals surface area contributed by atoms with Crippen LogP contribution in [0.4, 0.5) is 9.59 Å². The first-order valence-corrected chi connectivity index (χ1v) is 16.9. The van der Waals surface area contributed by atoms with Crippen LogP contribution in [0.1, 0.15) is 103 Å². The van der Waals surface area contributed by atoms with E-state index in [1.807, 2.05) is 0 Å². The Balaban J connectivity index is 1.10. The van der Waals surface area contributed by atoms with Gasteiger partial charge in [-0.25, -0.2) is 14.4 Å². The van der Waals surface area contributed by atoms with Crippen LogP contribution in [0, 0.1) is 29.6 Å². The first-order valence-electron chi connectivity index (χ1n) is 16.9. The van der Waals surface area contributed by atoms with Crippen LogP contribution >= 0.6 is 0 Å². The average Bonchev–Trinajstić information content (AvgIpc) is 3.01. The number of nitrogens with zero attached hydrogens (tertiary/aromatic N) is 2. The van der Waals surface area contributed by atoms with Crippen LogP contribution in [-0.4, -0.2) is 73.9 Å². The fourth-order valence-corrected chi connectivity index (χ4v) is 7.29. The van der Waals surface area contributed by atoms with Crippen LogP contribution in [0.15, 0.2) is 4.99 Å². The summed E-state index contributed by atoms with van der Waals surface area (Å²) in [5, 5.41) is 5.39. The molecule has 5 fully saturated rings. The fraction of sp³-hybridized carbons (Fsp3) is 0.844. The maximum atomic E-state index is 12.7. The summed E-state index contributed by atoms with van der Waals surface area (Å²) < 4.78 is 16.5. The quantitative estimate of drug-likeness (QED) is 0.125. The third-order valence-electron chi connectivity index (χ3n) is 10.1. The highest BCUT2D eigenvalue weighted by Gasteiger charge is 2.47. The molecule has 0 aromatic rings. The van der Waals surface area contributed by atoms with Gasteiger partial charge in [-0.15, -0.1) is 4.99 Å². The molecular formula is C32H50N4O7. The van der Waals surface area contributed by atoms with E-state index in [-0.39, 0.29) is 23.8 Å². The lowest BCUT2D eigenvalue weighted by molar-refractivity contribution is -0.160. The van der Waals surface area contributed by atoms with E-state index in [4.69, 9.17) is 14.2 Å². The number of likely N-dealkylation sites (tertiary alicyclic amines) is 1. The van der Waals surface area contributed by atoms with Gasteiger partial charge in [0.15, 0.2) is 0 Å². The summed E-state index contributed by atoms with van der Waals surface area (Å²) in [6.45, 7) is 2.09. The van der Waals surface area contributed by atoms with Gasteiger partial charge in [-0.1, -0.05) is 57.8 Å². The van der Waals surface area contributed by atoms with Gasteiger partial charge in [-0.3, -0.25) is 10.1 Å². The smallest absolute Gasteiger partial charge is 0.436 e. The Morgan fingerprint density at radius 3 is 1.77 bits per heavy atom. The van der Waals surface area contributed by atoms with Gasteiger partial charge in [-0.05, 0) is 68.6 Å². The van der Waals surface area contributed by atoms with Gasteiger partial charge in [0.05, 0.1) is 25.7 Å². The van der Waals surface area contributed by atoms with E-state index in [1.165, 1.54) is 32.1 Å². The molecule has 2 heterocycles. The molecule has 240 valence electrons. The first-order chi connectivity index (χ1) is 20.9. The zero-order valence-electron chi connectivity index (χ0n) is 25.6. The van der Waals surface area contributed by atoms with Crippen LogP contribution < -0.4 is 10.6 Å². The second-order valence-electron chi connectivity index (χ2n) is 13.5. The lowest BCUT2D eigenvalue weighted by Gasteiger charge is -2.44. The third kappa shape index (κ3) is 9.32. The summed E-state index contributed by atoms with van der Waals surface area (Å²) in [6, 6.07) is -0.610. The molecule has 11 heteroatoms. The molecule has 5 aliphatic rings. The van der Waals surface area contributed by atoms with Crippen molar-refractivity contribution in [1.29, 1.82) is 0 Å². The topological polar surface area (TPSA) is 136 Å². The lowest BCUT2D eigenvalue weighted by Crippen LogP contribution is -2.64. The maximum absolute atomic E-state index is 12.7. The van der Waals surface area contributed by atoms with Crippen LogP contribution in [0.3, 0.4) is 0 Å². The molecule has 3 saturated carbocycles. The van der Waals surface area contributed by atoms with Gasteiger partial charge < -0.3 is 24.4 Å². The summed E-state index contributed by atoms with van der Waals surface area (Å²) in [5.74, 6) is 0.438. The predicted molar refractivity (Wildman–Crippen MR) is 159 cm³/mol. The van der Waals surface area contributed by atoms with Crippen LogP contribution in [0.5, 0.6) is 0 Å². The van der Waals surface area contributed by atoms with Crippen LogP contribution in [0.2, 0.25) is 0 Å². The van der Waals surface area contributed by atoms with E-state index in [9.17, 15) is 19.2 Å². The number of alkyl carbamates (subject to hydrolysis) is 1. The normalized spacial score (nSPS) is 26.1. The molecule has 0 aromatic heterocycles. The van der Waals surface area contributed by atoms with E-state index in [0.29, 0.717) is 57.1 Å². The van der Waals surface area contributed by atoms with Crippen molar-refractivity contribution in [2.75, 3.05) is 32.9 Å². The van der Waals surface area contributed by atoms with Gasteiger partial charge in [0.2, 0.25) is 11.9 Å². The van der Waals surface area contributed by atoms with Crippen molar-refractivity contribution in [2.45, 2.75) is 109 Å². The zero-order chi connectivity index (χ0) is 30.0. The van der Waals surface area contributed by atoms with Crippen molar-refractivity contribution in [1.82, 2.24) is 15.5 Å². The Labute approximate surface area is 255 Å². The van der Waals surface area contributed by atoms with Crippen molar-refractivity contribution in [3.05, 3.63) is 0 Å². The van der Waals surface area contributed by atoms with Crippen LogP contribution in [0.25, 0.3) is 0 Å². The highest BCUT2D eigenvalue weighted by molar-refractivity contribution is 5.99. The second kappa shape index (κ2) is 15.7. The Kier molecular flexibility index (Phi) is 11.6. The van der Waals surface area contributed by atoms with Crippen molar-refractivity contribution in [3.8, 4) is 0 Å². The fourth-order valence-electron chi connectivity index (χ4n) is 7.29. The summed E-state index contributed by atoms with van der Waals surface area (Å²) in [6.07, 6.45) is 16.2. The average molecular weight is 603 g/mol. The molecule has 3 aliphatic carbocycles. The second-order valence-corrected chi connectivity index (χ2v) is 13.5. The molecule has 2 N–H and O–H groups in total. The van der Waals surface area contributed by atoms with Gasteiger partial charge in [0.1, 0.15) is 6.04 Å². The predicted octanol–water partition coefficient (Wildman–Crippen LogP) is 4.93. The van der Waals surface area contributed by atoms with E-state index >= 15 is 0 Å². The Hall–Kier alpha value is -2.85. The molecule has 2 aliphatic heterocycles. The molecule has 0 spiro atoms. The molecule has 0 bridgehead atoms. The van der Waals surface area contributed by atoms with Gasteiger partial charge in [0, 0.05) is 13.1 Å². The van der Waals surface area contributed by atoms with Crippen molar-refractivity contribution in [3.63, 3.8) is 0 Å². The molecule has 0 unspecified atom stereocenters. The molecule has 11 nitrogen and oxygen atoms in total. The van der Waals surface area contributed by atoms with E-state index in [1.54, 1.807) is 4.90 Å². The number of amides is 3. The van der Waals surface area contributed by atoms with Gasteiger partial charge >= 0.3 is 18.2 Å². The lowest BCUT2D eigenvalue weighted by atomic mass is 9.80.